The Bertz CT molecular complexity index is 664. The van der Waals surface area contributed by atoms with E-state index in [-0.39, 0.29) is 0 Å². The average Bonchev–Trinajstić information content (AvgIpc) is 2.15. The van der Waals surface area contributed by atoms with Crippen molar-refractivity contribution in [3.05, 3.63) is 30.3 Å². The third-order valence-electron chi connectivity index (χ3n) is 2.17. The number of nitrogen functional groups attached to an aromatic ring is 1. The maximum atomic E-state index is 10.9. The van der Waals surface area contributed by atoms with E-state index in [1.54, 1.807) is 18.2 Å². The molecule has 0 atom stereocenters. The normalized spacial score (nSPS) is 11.8. The molecule has 0 aromatic heterocycles. The van der Waals surface area contributed by atoms with Gasteiger partial charge in [-0.15, -0.1) is 0 Å². The summed E-state index contributed by atoms with van der Waals surface area (Å²) in [6.07, 6.45) is 0. The zero-order valence-electron chi connectivity index (χ0n) is 8.01. The second-order valence-electron chi connectivity index (χ2n) is 3.27. The molecule has 2 aromatic rings. The number of hydrogen-bond acceptors (Lipinski definition) is 4. The fourth-order valence-corrected chi connectivity index (χ4v) is 1.98. The summed E-state index contributed by atoms with van der Waals surface area (Å²) >= 11 is 0. The second kappa shape index (κ2) is 3.36. The molecule has 16 heavy (non-hydrogen) atoms. The molecule has 6 heteroatoms. The summed E-state index contributed by atoms with van der Waals surface area (Å²) in [5.41, 5.74) is 5.94. The summed E-state index contributed by atoms with van der Waals surface area (Å²) in [6, 6.07) is 8.13. The molecule has 0 heterocycles. The molecule has 0 spiro atoms. The first-order valence-electron chi connectivity index (χ1n) is 4.30. The van der Waals surface area contributed by atoms with Gasteiger partial charge in [-0.05, 0) is 17.5 Å². The lowest BCUT2D eigenvalue weighted by molar-refractivity contribution is 0.469. The number of benzene rings is 2. The number of fused-ring (bicyclic) bond motifs is 1. The predicted molar refractivity (Wildman–Crippen MR) is 58.7 cm³/mol. The van der Waals surface area contributed by atoms with Crippen LogP contribution in [-0.4, -0.2) is 18.1 Å². The van der Waals surface area contributed by atoms with Crippen LogP contribution in [0.4, 0.5) is 5.69 Å². The lowest BCUT2D eigenvalue weighted by atomic mass is 10.1. The van der Waals surface area contributed by atoms with Gasteiger partial charge >= 0.3 is 0 Å². The number of rotatable bonds is 1. The molecule has 1 radical (unpaired) electrons. The van der Waals surface area contributed by atoms with Crippen molar-refractivity contribution in [2.24, 2.45) is 0 Å². The lowest BCUT2D eigenvalue weighted by Crippen LogP contribution is -1.98. The third-order valence-corrected chi connectivity index (χ3v) is 2.95. The highest BCUT2D eigenvalue weighted by molar-refractivity contribution is 7.85. The van der Waals surface area contributed by atoms with Crippen LogP contribution >= 0.6 is 0 Å². The number of hydrogen-bond donors (Lipinski definition) is 3. The van der Waals surface area contributed by atoms with E-state index in [9.17, 15) is 13.5 Å². The van der Waals surface area contributed by atoms with E-state index in [0.717, 1.165) is 0 Å². The number of phenolic OH excluding ortho intramolecular Hbond substituents is 1. The molecular formula is C10H8NO4S. The number of anilines is 1. The van der Waals surface area contributed by atoms with Gasteiger partial charge in [0.05, 0.1) is 6.07 Å². The van der Waals surface area contributed by atoms with E-state index in [4.69, 9.17) is 10.3 Å². The zero-order chi connectivity index (χ0) is 11.9. The molecule has 0 saturated heterocycles. The summed E-state index contributed by atoms with van der Waals surface area (Å²) in [7, 11) is -4.39. The fourth-order valence-electron chi connectivity index (χ4n) is 1.48. The molecule has 0 aliphatic rings. The van der Waals surface area contributed by atoms with Crippen molar-refractivity contribution in [3.8, 4) is 5.75 Å². The molecule has 2 aromatic carbocycles. The number of phenols is 1. The van der Waals surface area contributed by atoms with E-state index in [1.807, 2.05) is 0 Å². The van der Waals surface area contributed by atoms with Crippen molar-refractivity contribution in [2.75, 3.05) is 5.73 Å². The first kappa shape index (κ1) is 10.7. The van der Waals surface area contributed by atoms with Crippen molar-refractivity contribution < 1.29 is 18.1 Å². The summed E-state index contributed by atoms with van der Waals surface area (Å²) in [4.78, 5) is -0.483. The topological polar surface area (TPSA) is 101 Å². The first-order chi connectivity index (χ1) is 7.39. The minimum atomic E-state index is -4.39. The maximum absolute atomic E-state index is 10.9. The lowest BCUT2D eigenvalue weighted by Gasteiger charge is -2.05. The Kier molecular flexibility index (Phi) is 2.25. The average molecular weight is 238 g/mol. The van der Waals surface area contributed by atoms with Gasteiger partial charge in [0, 0.05) is 11.1 Å². The quantitative estimate of drug-likeness (QED) is 0.511. The number of nitrogens with two attached hydrogens (primary N) is 1. The largest absolute Gasteiger partial charge is 0.507 e. The Morgan fingerprint density at radius 1 is 1.31 bits per heavy atom. The van der Waals surface area contributed by atoms with Crippen molar-refractivity contribution in [2.45, 2.75) is 4.90 Å². The van der Waals surface area contributed by atoms with E-state index < -0.39 is 20.8 Å². The van der Waals surface area contributed by atoms with Crippen LogP contribution in [0.25, 0.3) is 10.8 Å². The molecule has 5 nitrogen and oxygen atoms in total. The number of aromatic hydroxyl groups is 1. The minimum Gasteiger partial charge on any atom is -0.507 e. The van der Waals surface area contributed by atoms with Crippen LogP contribution in [0.2, 0.25) is 0 Å². The maximum Gasteiger partial charge on any atom is 0.295 e. The molecule has 0 fully saturated rings. The van der Waals surface area contributed by atoms with Gasteiger partial charge in [-0.1, -0.05) is 12.1 Å². The van der Waals surface area contributed by atoms with Crippen molar-refractivity contribution in [1.82, 2.24) is 0 Å². The SMILES string of the molecule is Nc1cccc2cc(S(=O)(=O)O)[c]c(O)c12. The van der Waals surface area contributed by atoms with Gasteiger partial charge in [-0.2, -0.15) is 8.42 Å². The Balaban J connectivity index is 2.89. The monoisotopic (exact) mass is 238 g/mol. The summed E-state index contributed by atoms with van der Waals surface area (Å²) in [5, 5.41) is 10.3. The first-order valence-corrected chi connectivity index (χ1v) is 5.74. The summed E-state index contributed by atoms with van der Waals surface area (Å²) in [5.74, 6) is -0.400. The zero-order valence-corrected chi connectivity index (χ0v) is 8.82. The van der Waals surface area contributed by atoms with Gasteiger partial charge in [0.2, 0.25) is 0 Å². The molecule has 83 valence electrons. The van der Waals surface area contributed by atoms with Crippen LogP contribution in [-0.2, 0) is 10.1 Å². The van der Waals surface area contributed by atoms with Crippen LogP contribution in [0, 0.1) is 6.07 Å². The Morgan fingerprint density at radius 3 is 2.62 bits per heavy atom. The standard InChI is InChI=1S/C10H8NO4S/c11-8-3-1-2-6-4-7(16(13,14)15)5-9(12)10(6)8/h1-4,12H,11H2,(H,13,14,15). The smallest absolute Gasteiger partial charge is 0.295 e. The van der Waals surface area contributed by atoms with Gasteiger partial charge in [0.25, 0.3) is 10.1 Å². The van der Waals surface area contributed by atoms with Gasteiger partial charge in [0.15, 0.2) is 0 Å². The predicted octanol–water partition coefficient (Wildman–Crippen LogP) is 1.17. The van der Waals surface area contributed by atoms with Gasteiger partial charge in [0.1, 0.15) is 10.6 Å². The van der Waals surface area contributed by atoms with Crippen LogP contribution in [0.1, 0.15) is 0 Å². The Hall–Kier alpha value is -1.79. The second-order valence-corrected chi connectivity index (χ2v) is 4.66. The molecular weight excluding hydrogens is 230 g/mol. The molecule has 0 unspecified atom stereocenters. The highest BCUT2D eigenvalue weighted by Gasteiger charge is 2.14. The molecule has 0 aliphatic carbocycles. The van der Waals surface area contributed by atoms with Crippen molar-refractivity contribution in [3.63, 3.8) is 0 Å². The molecule has 4 N–H and O–H groups in total. The summed E-state index contributed by atoms with van der Waals surface area (Å²) in [6.45, 7) is 0. The van der Waals surface area contributed by atoms with Gasteiger partial charge < -0.3 is 10.8 Å². The Morgan fingerprint density at radius 2 is 2.00 bits per heavy atom. The highest BCUT2D eigenvalue weighted by atomic mass is 32.2. The minimum absolute atomic E-state index is 0.313. The van der Waals surface area contributed by atoms with E-state index in [1.165, 1.54) is 6.07 Å². The molecule has 0 bridgehead atoms. The van der Waals surface area contributed by atoms with E-state index in [2.05, 4.69) is 6.07 Å². The fraction of sp³-hybridized carbons (Fsp3) is 0. The van der Waals surface area contributed by atoms with Crippen LogP contribution < -0.4 is 5.73 Å². The van der Waals surface area contributed by atoms with Crippen LogP contribution in [0.5, 0.6) is 5.75 Å². The molecule has 2 rings (SSSR count). The molecule has 0 saturated carbocycles. The van der Waals surface area contributed by atoms with Gasteiger partial charge in [-0.25, -0.2) is 0 Å². The van der Waals surface area contributed by atoms with Gasteiger partial charge in [-0.3, -0.25) is 4.55 Å². The van der Waals surface area contributed by atoms with E-state index in [0.29, 0.717) is 16.5 Å². The summed E-state index contributed by atoms with van der Waals surface area (Å²) < 4.78 is 30.6. The van der Waals surface area contributed by atoms with E-state index >= 15 is 0 Å². The highest BCUT2D eigenvalue weighted by Crippen LogP contribution is 2.31. The third kappa shape index (κ3) is 1.68. The Labute approximate surface area is 91.9 Å². The van der Waals surface area contributed by atoms with Crippen molar-refractivity contribution >= 4 is 26.6 Å². The van der Waals surface area contributed by atoms with Crippen molar-refractivity contribution in [1.29, 1.82) is 0 Å². The van der Waals surface area contributed by atoms with Crippen LogP contribution in [0.3, 0.4) is 0 Å². The molecule has 0 amide bonds. The van der Waals surface area contributed by atoms with Crippen LogP contribution in [0.15, 0.2) is 29.2 Å². The molecule has 0 aliphatic heterocycles.